The van der Waals surface area contributed by atoms with E-state index < -0.39 is 10.0 Å². The third-order valence-electron chi connectivity index (χ3n) is 4.86. The van der Waals surface area contributed by atoms with Crippen LogP contribution in [-0.2, 0) is 10.0 Å². The van der Waals surface area contributed by atoms with E-state index in [2.05, 4.69) is 58.8 Å². The van der Waals surface area contributed by atoms with Crippen molar-refractivity contribution >= 4 is 26.0 Å². The summed E-state index contributed by atoms with van der Waals surface area (Å²) < 4.78 is 28.6. The Hall–Kier alpha value is -1.17. The van der Waals surface area contributed by atoms with Crippen LogP contribution in [-0.4, -0.2) is 15.0 Å². The first kappa shape index (κ1) is 17.6. The van der Waals surface area contributed by atoms with E-state index in [9.17, 15) is 8.42 Å². The molecule has 1 fully saturated rings. The lowest BCUT2D eigenvalue weighted by atomic mass is 9.85. The summed E-state index contributed by atoms with van der Waals surface area (Å²) in [6.07, 6.45) is 1.12. The second-order valence-corrected chi connectivity index (χ2v) is 9.81. The van der Waals surface area contributed by atoms with Crippen molar-refractivity contribution in [2.24, 2.45) is 11.3 Å². The average molecular weight is 408 g/mol. The Kier molecular flexibility index (Phi) is 4.87. The minimum Gasteiger partial charge on any atom is -0.211 e. The molecule has 5 heteroatoms. The number of sulfonamides is 1. The summed E-state index contributed by atoms with van der Waals surface area (Å²) in [7, 11) is -3.47. The Balaban J connectivity index is 1.64. The summed E-state index contributed by atoms with van der Waals surface area (Å²) in [6.45, 7) is 4.73. The van der Waals surface area contributed by atoms with Crippen LogP contribution in [0, 0.1) is 11.3 Å². The summed E-state index contributed by atoms with van der Waals surface area (Å²) in [5, 5.41) is 0. The molecule has 1 N–H and O–H groups in total. The molecule has 2 atom stereocenters. The second-order valence-electron chi connectivity index (χ2n) is 7.13. The van der Waals surface area contributed by atoms with Crippen LogP contribution in [0.5, 0.6) is 0 Å². The molecule has 2 aromatic carbocycles. The van der Waals surface area contributed by atoms with Gasteiger partial charge in [-0.25, -0.2) is 13.1 Å². The highest BCUT2D eigenvalue weighted by Gasteiger charge is 2.48. The number of rotatable bonds is 6. The van der Waals surface area contributed by atoms with Gasteiger partial charge in [-0.2, -0.15) is 0 Å². The van der Waals surface area contributed by atoms with Crippen molar-refractivity contribution < 1.29 is 8.42 Å². The smallest absolute Gasteiger partial charge is 0.211 e. The predicted octanol–water partition coefficient (Wildman–Crippen LogP) is 4.56. The summed E-state index contributed by atoms with van der Waals surface area (Å²) in [5.41, 5.74) is 1.27. The van der Waals surface area contributed by atoms with E-state index in [1.54, 1.807) is 24.3 Å². The highest BCUT2D eigenvalue weighted by molar-refractivity contribution is 9.10. The van der Waals surface area contributed by atoms with Gasteiger partial charge in [0.05, 0.1) is 4.90 Å². The second kappa shape index (κ2) is 6.62. The first-order chi connectivity index (χ1) is 11.3. The molecule has 1 saturated carbocycles. The summed E-state index contributed by atoms with van der Waals surface area (Å²) >= 11 is 3.32. The van der Waals surface area contributed by atoms with Crippen molar-refractivity contribution in [3.8, 4) is 0 Å². The standard InChI is InChI=1S/C19H22BrNO2S/c1-19(2,18-12-17(18)14-6-4-3-5-7-14)13-21-24(22,23)16-10-8-15(20)9-11-16/h3-11,17-18,21H,12-13H2,1-2H3/t17-,18+/m0/s1. The quantitative estimate of drug-likeness (QED) is 0.762. The van der Waals surface area contributed by atoms with Crippen LogP contribution >= 0.6 is 15.9 Å². The summed E-state index contributed by atoms with van der Waals surface area (Å²) in [5.74, 6) is 1.05. The zero-order valence-electron chi connectivity index (χ0n) is 13.9. The van der Waals surface area contributed by atoms with Gasteiger partial charge < -0.3 is 0 Å². The van der Waals surface area contributed by atoms with E-state index >= 15 is 0 Å². The summed E-state index contributed by atoms with van der Waals surface area (Å²) in [6, 6.07) is 17.2. The summed E-state index contributed by atoms with van der Waals surface area (Å²) in [4.78, 5) is 0.303. The molecule has 0 radical (unpaired) electrons. The van der Waals surface area contributed by atoms with Gasteiger partial charge in [0.1, 0.15) is 0 Å². The maximum atomic E-state index is 12.5. The van der Waals surface area contributed by atoms with Crippen molar-refractivity contribution in [3.05, 3.63) is 64.6 Å². The molecule has 24 heavy (non-hydrogen) atoms. The fraction of sp³-hybridized carbons (Fsp3) is 0.368. The molecular weight excluding hydrogens is 386 g/mol. The van der Waals surface area contributed by atoms with Crippen molar-refractivity contribution in [1.82, 2.24) is 4.72 Å². The normalized spacial score (nSPS) is 20.8. The maximum absolute atomic E-state index is 12.5. The van der Waals surface area contributed by atoms with E-state index in [4.69, 9.17) is 0 Å². The average Bonchev–Trinajstić information content (AvgIpc) is 3.36. The van der Waals surface area contributed by atoms with Gasteiger partial charge in [-0.15, -0.1) is 0 Å². The van der Waals surface area contributed by atoms with Gasteiger partial charge in [0.25, 0.3) is 0 Å². The van der Waals surface area contributed by atoms with Crippen LogP contribution in [0.1, 0.15) is 31.7 Å². The van der Waals surface area contributed by atoms with Crippen LogP contribution in [0.2, 0.25) is 0 Å². The number of hydrogen-bond donors (Lipinski definition) is 1. The molecule has 0 unspecified atom stereocenters. The molecule has 0 saturated heterocycles. The van der Waals surface area contributed by atoms with E-state index in [0.29, 0.717) is 23.3 Å². The maximum Gasteiger partial charge on any atom is 0.240 e. The van der Waals surface area contributed by atoms with Gasteiger partial charge in [0.15, 0.2) is 0 Å². The molecule has 0 spiro atoms. The van der Waals surface area contributed by atoms with E-state index in [1.807, 2.05) is 6.07 Å². The molecular formula is C19H22BrNO2S. The van der Waals surface area contributed by atoms with Crippen molar-refractivity contribution in [2.45, 2.75) is 31.1 Å². The first-order valence-electron chi connectivity index (χ1n) is 8.10. The molecule has 1 aliphatic carbocycles. The van der Waals surface area contributed by atoms with Gasteiger partial charge in [-0.05, 0) is 53.5 Å². The van der Waals surface area contributed by atoms with Gasteiger partial charge >= 0.3 is 0 Å². The van der Waals surface area contributed by atoms with Crippen molar-refractivity contribution in [1.29, 1.82) is 0 Å². The highest BCUT2D eigenvalue weighted by Crippen LogP contribution is 2.56. The number of nitrogens with one attached hydrogen (secondary N) is 1. The van der Waals surface area contributed by atoms with Crippen LogP contribution < -0.4 is 4.72 Å². The van der Waals surface area contributed by atoms with Gasteiger partial charge in [0.2, 0.25) is 10.0 Å². The van der Waals surface area contributed by atoms with Crippen LogP contribution in [0.15, 0.2) is 64.0 Å². The van der Waals surface area contributed by atoms with Gasteiger partial charge in [-0.3, -0.25) is 0 Å². The minimum atomic E-state index is -3.47. The molecule has 0 amide bonds. The zero-order valence-corrected chi connectivity index (χ0v) is 16.3. The lowest BCUT2D eigenvalue weighted by Gasteiger charge is -2.25. The van der Waals surface area contributed by atoms with Crippen LogP contribution in [0.4, 0.5) is 0 Å². The predicted molar refractivity (Wildman–Crippen MR) is 100 cm³/mol. The van der Waals surface area contributed by atoms with Crippen molar-refractivity contribution in [3.63, 3.8) is 0 Å². The minimum absolute atomic E-state index is 0.0804. The van der Waals surface area contributed by atoms with E-state index in [-0.39, 0.29) is 5.41 Å². The van der Waals surface area contributed by atoms with Gasteiger partial charge in [0, 0.05) is 11.0 Å². The zero-order chi connectivity index (χ0) is 17.4. The molecule has 128 valence electrons. The molecule has 0 heterocycles. The molecule has 0 bridgehead atoms. The number of halogens is 1. The van der Waals surface area contributed by atoms with E-state index in [0.717, 1.165) is 10.9 Å². The lowest BCUT2D eigenvalue weighted by Crippen LogP contribution is -2.35. The fourth-order valence-corrected chi connectivity index (χ4v) is 4.72. The SMILES string of the molecule is CC(C)(CNS(=O)(=O)c1ccc(Br)cc1)[C@@H]1C[C@H]1c1ccccc1. The van der Waals surface area contributed by atoms with Crippen molar-refractivity contribution in [2.75, 3.05) is 6.54 Å². The number of hydrogen-bond acceptors (Lipinski definition) is 2. The third-order valence-corrected chi connectivity index (χ3v) is 6.81. The van der Waals surface area contributed by atoms with Gasteiger partial charge in [-0.1, -0.05) is 60.1 Å². The molecule has 3 nitrogen and oxygen atoms in total. The fourth-order valence-electron chi connectivity index (χ4n) is 3.24. The monoisotopic (exact) mass is 407 g/mol. The third kappa shape index (κ3) is 3.90. The molecule has 0 aliphatic heterocycles. The highest BCUT2D eigenvalue weighted by atomic mass is 79.9. The Morgan fingerprint density at radius 1 is 1.08 bits per heavy atom. The Bertz CT molecular complexity index is 801. The molecule has 3 rings (SSSR count). The van der Waals surface area contributed by atoms with E-state index in [1.165, 1.54) is 5.56 Å². The topological polar surface area (TPSA) is 46.2 Å². The molecule has 2 aromatic rings. The Morgan fingerprint density at radius 2 is 1.71 bits per heavy atom. The molecule has 0 aromatic heterocycles. The van der Waals surface area contributed by atoms with Crippen LogP contribution in [0.25, 0.3) is 0 Å². The first-order valence-corrected chi connectivity index (χ1v) is 10.4. The Labute approximate surface area is 152 Å². The number of benzene rings is 2. The molecule has 1 aliphatic rings. The Morgan fingerprint density at radius 3 is 2.33 bits per heavy atom. The van der Waals surface area contributed by atoms with Crippen LogP contribution in [0.3, 0.4) is 0 Å². The largest absolute Gasteiger partial charge is 0.240 e. The lowest BCUT2D eigenvalue weighted by molar-refractivity contribution is 0.304.